The fraction of sp³-hybridized carbons (Fsp3) is 0.143. The Labute approximate surface area is 54.2 Å². The SMILES string of the molecule is [2H]OCc1cccc(F)c1. The van der Waals surface area contributed by atoms with Gasteiger partial charge >= 0.3 is 0 Å². The van der Waals surface area contributed by atoms with Crippen LogP contribution in [0.1, 0.15) is 5.56 Å². The van der Waals surface area contributed by atoms with E-state index in [9.17, 15) is 4.39 Å². The Bertz CT molecular complexity index is 215. The summed E-state index contributed by atoms with van der Waals surface area (Å²) in [7, 11) is 0. The molecule has 0 bridgehead atoms. The summed E-state index contributed by atoms with van der Waals surface area (Å²) in [4.78, 5) is 0. The lowest BCUT2D eigenvalue weighted by atomic mass is 10.2. The van der Waals surface area contributed by atoms with Crippen LogP contribution in [0.2, 0.25) is 0 Å². The molecule has 1 aromatic carbocycles. The zero-order valence-corrected chi connectivity index (χ0v) is 4.80. The molecular weight excluding hydrogens is 119 g/mol. The Balaban J connectivity index is 2.75. The van der Waals surface area contributed by atoms with Crippen LogP contribution in [0.3, 0.4) is 0 Å². The second kappa shape index (κ2) is 2.60. The lowest BCUT2D eigenvalue weighted by Gasteiger charge is -1.92. The molecule has 2 heteroatoms. The Hall–Kier alpha value is -0.890. The van der Waals surface area contributed by atoms with Crippen molar-refractivity contribution >= 4 is 0 Å². The predicted octanol–water partition coefficient (Wildman–Crippen LogP) is 1.32. The van der Waals surface area contributed by atoms with Gasteiger partial charge in [-0.2, -0.15) is 0 Å². The van der Waals surface area contributed by atoms with Crippen molar-refractivity contribution in [1.29, 1.82) is 1.43 Å². The largest absolute Gasteiger partial charge is 0.392 e. The van der Waals surface area contributed by atoms with Crippen molar-refractivity contribution in [3.8, 4) is 0 Å². The molecule has 0 aliphatic heterocycles. The maximum absolute atomic E-state index is 12.4. The summed E-state index contributed by atoms with van der Waals surface area (Å²) < 4.78 is 18.8. The van der Waals surface area contributed by atoms with Crippen molar-refractivity contribution < 1.29 is 9.50 Å². The third-order valence-corrected chi connectivity index (χ3v) is 1.06. The van der Waals surface area contributed by atoms with Gasteiger partial charge in [0.1, 0.15) is 5.82 Å². The molecule has 0 atom stereocenters. The monoisotopic (exact) mass is 127 g/mol. The van der Waals surface area contributed by atoms with Crippen LogP contribution in [0.4, 0.5) is 4.39 Å². The fourth-order valence-electron chi connectivity index (χ4n) is 0.627. The molecule has 1 rings (SSSR count). The van der Waals surface area contributed by atoms with Crippen LogP contribution < -0.4 is 0 Å². The van der Waals surface area contributed by atoms with Crippen molar-refractivity contribution in [1.82, 2.24) is 0 Å². The van der Waals surface area contributed by atoms with Gasteiger partial charge in [0, 0.05) is 0 Å². The van der Waals surface area contributed by atoms with Gasteiger partial charge < -0.3 is 5.11 Å². The molecule has 0 aliphatic rings. The van der Waals surface area contributed by atoms with Gasteiger partial charge in [-0.1, -0.05) is 12.1 Å². The molecule has 48 valence electrons. The lowest BCUT2D eigenvalue weighted by Crippen LogP contribution is -1.82. The average molecular weight is 127 g/mol. The van der Waals surface area contributed by atoms with Gasteiger partial charge in [-0.05, 0) is 17.7 Å². The molecule has 1 aromatic rings. The van der Waals surface area contributed by atoms with Gasteiger partial charge in [0.25, 0.3) is 0 Å². The lowest BCUT2D eigenvalue weighted by molar-refractivity contribution is 0.281. The van der Waals surface area contributed by atoms with E-state index >= 15 is 0 Å². The Morgan fingerprint density at radius 2 is 2.56 bits per heavy atom. The van der Waals surface area contributed by atoms with Crippen LogP contribution >= 0.6 is 0 Å². The smallest absolute Gasteiger partial charge is 0.211 e. The number of hydrogen-bond acceptors (Lipinski definition) is 1. The third-order valence-electron chi connectivity index (χ3n) is 1.06. The quantitative estimate of drug-likeness (QED) is 0.635. The number of aliphatic hydroxyl groups is 1. The minimum Gasteiger partial charge on any atom is -0.392 e. The van der Waals surface area contributed by atoms with Crippen LogP contribution in [-0.2, 0) is 6.61 Å². The van der Waals surface area contributed by atoms with Crippen LogP contribution in [0.5, 0.6) is 0 Å². The van der Waals surface area contributed by atoms with Gasteiger partial charge in [-0.15, -0.1) is 0 Å². The minimum absolute atomic E-state index is 0.137. The molecule has 9 heavy (non-hydrogen) atoms. The van der Waals surface area contributed by atoms with Gasteiger partial charge in [0.15, 0.2) is 0 Å². The highest BCUT2D eigenvalue weighted by Crippen LogP contribution is 2.01. The Morgan fingerprint density at radius 3 is 3.22 bits per heavy atom. The van der Waals surface area contributed by atoms with Crippen molar-refractivity contribution in [3.63, 3.8) is 0 Å². The van der Waals surface area contributed by atoms with E-state index < -0.39 is 0 Å². The van der Waals surface area contributed by atoms with Gasteiger partial charge in [-0.3, -0.25) is 0 Å². The zero-order chi connectivity index (χ0) is 7.40. The molecule has 0 unspecified atom stereocenters. The van der Waals surface area contributed by atoms with Crippen molar-refractivity contribution in [2.45, 2.75) is 6.61 Å². The first-order chi connectivity index (χ1) is 4.83. The third kappa shape index (κ3) is 1.50. The number of halogens is 1. The molecule has 0 radical (unpaired) electrons. The normalized spacial score (nSPS) is 11.0. The number of benzene rings is 1. The summed E-state index contributed by atoms with van der Waals surface area (Å²) in [6.07, 6.45) is 0. The molecule has 0 fully saturated rings. The van der Waals surface area contributed by atoms with Gasteiger partial charge in [0.05, 0.1) is 6.61 Å². The highest BCUT2D eigenvalue weighted by molar-refractivity contribution is 5.14. The molecule has 0 spiro atoms. The van der Waals surface area contributed by atoms with Crippen molar-refractivity contribution in [2.75, 3.05) is 0 Å². The molecule has 0 aliphatic carbocycles. The zero-order valence-electron chi connectivity index (χ0n) is 5.80. The molecule has 0 heterocycles. The summed E-state index contributed by atoms with van der Waals surface area (Å²) in [5.41, 5.74) is 0.676. The molecule has 1 nitrogen and oxygen atoms in total. The van der Waals surface area contributed by atoms with Crippen LogP contribution in [0, 0.1) is 5.82 Å². The van der Waals surface area contributed by atoms with Gasteiger partial charge in [-0.25, -0.2) is 4.39 Å². The van der Waals surface area contributed by atoms with Crippen molar-refractivity contribution in [3.05, 3.63) is 35.6 Å². The van der Waals surface area contributed by atoms with Crippen LogP contribution in [-0.4, -0.2) is 6.54 Å². The van der Waals surface area contributed by atoms with E-state index in [-0.39, 0.29) is 12.4 Å². The summed E-state index contributed by atoms with van der Waals surface area (Å²) >= 11 is 0. The highest BCUT2D eigenvalue weighted by atomic mass is 19.1. The summed E-state index contributed by atoms with van der Waals surface area (Å²) in [5, 5.41) is 4.07. The van der Waals surface area contributed by atoms with E-state index in [0.29, 0.717) is 5.56 Å². The standard InChI is InChI=1S/C7H7FO/c8-7-3-1-2-6(4-7)5-9/h1-4,9H,5H2/i9D. The van der Waals surface area contributed by atoms with E-state index in [1.54, 1.807) is 12.1 Å². The number of hydrogen-bond donors (Lipinski definition) is 1. The topological polar surface area (TPSA) is 20.2 Å². The maximum Gasteiger partial charge on any atom is 0.211 e. The van der Waals surface area contributed by atoms with Crippen molar-refractivity contribution in [2.24, 2.45) is 0 Å². The molecule has 1 N–H and O–H groups in total. The van der Waals surface area contributed by atoms with E-state index in [4.69, 9.17) is 1.43 Å². The first-order valence-electron chi connectivity index (χ1n) is 3.06. The second-order valence-electron chi connectivity index (χ2n) is 1.77. The molecule has 0 amide bonds. The predicted molar refractivity (Wildman–Crippen MR) is 32.3 cm³/mol. The first kappa shape index (κ1) is 4.94. The van der Waals surface area contributed by atoms with Crippen LogP contribution in [0.15, 0.2) is 24.3 Å². The first-order valence-corrected chi connectivity index (χ1v) is 2.65. The van der Waals surface area contributed by atoms with Crippen LogP contribution in [0.25, 0.3) is 0 Å². The van der Waals surface area contributed by atoms with E-state index in [1.165, 1.54) is 12.1 Å². The fourth-order valence-corrected chi connectivity index (χ4v) is 0.627. The number of aliphatic hydroxyl groups excluding tert-OH is 1. The average Bonchev–Trinajstić information content (AvgIpc) is 1.88. The van der Waals surface area contributed by atoms with E-state index in [2.05, 4.69) is 5.11 Å². The minimum atomic E-state index is -0.297. The summed E-state index contributed by atoms with van der Waals surface area (Å²) in [6.45, 7) is 0.137. The van der Waals surface area contributed by atoms with Gasteiger partial charge in [0.2, 0.25) is 1.43 Å². The highest BCUT2D eigenvalue weighted by Gasteiger charge is 1.89. The maximum atomic E-state index is 12.4. The Kier molecular flexibility index (Phi) is 1.43. The summed E-state index contributed by atoms with van der Waals surface area (Å²) in [5.74, 6) is -0.297. The molecule has 0 saturated heterocycles. The molecule has 0 saturated carbocycles. The van der Waals surface area contributed by atoms with E-state index in [1.807, 2.05) is 0 Å². The summed E-state index contributed by atoms with van der Waals surface area (Å²) in [6, 6.07) is 5.99. The molecule has 0 aromatic heterocycles. The number of rotatable bonds is 2. The second-order valence-corrected chi connectivity index (χ2v) is 1.77. The molecular formula is C7H7FO. The van der Waals surface area contributed by atoms with E-state index in [0.717, 1.165) is 0 Å². The Morgan fingerprint density at radius 1 is 1.67 bits per heavy atom.